The second-order valence-electron chi connectivity index (χ2n) is 5.84. The van der Waals surface area contributed by atoms with Crippen LogP contribution in [0.3, 0.4) is 0 Å². The third-order valence-corrected chi connectivity index (χ3v) is 4.27. The second-order valence-corrected chi connectivity index (χ2v) is 6.76. The van der Waals surface area contributed by atoms with Crippen LogP contribution in [0.2, 0.25) is 0 Å². The van der Waals surface area contributed by atoms with E-state index in [1.54, 1.807) is 11.9 Å². The number of nitrogens with one attached hydrogen (secondary N) is 1. The second kappa shape index (κ2) is 7.64. The zero-order chi connectivity index (χ0) is 17.0. The molecule has 0 radical (unpaired) electrons. The van der Waals surface area contributed by atoms with Gasteiger partial charge < -0.3 is 14.7 Å². The van der Waals surface area contributed by atoms with Crippen molar-refractivity contribution in [3.05, 3.63) is 51.3 Å². The van der Waals surface area contributed by atoms with Gasteiger partial charge in [-0.15, -0.1) is 0 Å². The molecule has 1 N–H and O–H groups in total. The summed E-state index contributed by atoms with van der Waals surface area (Å²) < 4.78 is 6.19. The van der Waals surface area contributed by atoms with Crippen molar-refractivity contribution in [1.82, 2.24) is 15.4 Å². The topological polar surface area (TPSA) is 58.4 Å². The molecule has 0 aliphatic rings. The van der Waals surface area contributed by atoms with Crippen molar-refractivity contribution >= 4 is 22.0 Å². The lowest BCUT2D eigenvalue weighted by atomic mass is 10.1. The number of nitrogens with zero attached hydrogens (tertiary/aromatic N) is 2. The molecular weight excluding hydrogens is 358 g/mol. The number of rotatable bonds is 5. The summed E-state index contributed by atoms with van der Waals surface area (Å²) >= 11 is 3.41. The van der Waals surface area contributed by atoms with Crippen LogP contribution < -0.4 is 5.32 Å². The molecule has 2 aromatic rings. The largest absolute Gasteiger partial charge is 0.361 e. The number of carbonyl (C=O) groups is 1. The van der Waals surface area contributed by atoms with Crippen LogP contribution in [-0.2, 0) is 13.0 Å². The molecule has 1 aromatic heterocycles. The number of hydrogen-bond acceptors (Lipinski definition) is 3. The van der Waals surface area contributed by atoms with Gasteiger partial charge in [-0.05, 0) is 44.9 Å². The van der Waals surface area contributed by atoms with E-state index in [-0.39, 0.29) is 12.1 Å². The highest BCUT2D eigenvalue weighted by Crippen LogP contribution is 2.15. The first-order chi connectivity index (χ1) is 10.9. The third kappa shape index (κ3) is 4.82. The Balaban J connectivity index is 1.88. The summed E-state index contributed by atoms with van der Waals surface area (Å²) in [6.07, 6.45) is 0.707. The quantitative estimate of drug-likeness (QED) is 0.858. The number of aryl methyl sites for hydroxylation is 2. The van der Waals surface area contributed by atoms with Gasteiger partial charge in [0.05, 0.1) is 5.69 Å². The first-order valence-electron chi connectivity index (χ1n) is 7.54. The van der Waals surface area contributed by atoms with E-state index >= 15 is 0 Å². The van der Waals surface area contributed by atoms with E-state index in [1.807, 2.05) is 45.0 Å². The lowest BCUT2D eigenvalue weighted by molar-refractivity contribution is 0.203. The fourth-order valence-electron chi connectivity index (χ4n) is 2.41. The number of benzene rings is 1. The summed E-state index contributed by atoms with van der Waals surface area (Å²) in [4.78, 5) is 14.0. The molecule has 124 valence electrons. The number of hydrogen-bond donors (Lipinski definition) is 1. The maximum atomic E-state index is 12.3. The Morgan fingerprint density at radius 3 is 2.57 bits per heavy atom. The fourth-order valence-corrected chi connectivity index (χ4v) is 2.67. The van der Waals surface area contributed by atoms with Gasteiger partial charge in [-0.3, -0.25) is 0 Å². The lowest BCUT2D eigenvalue weighted by Gasteiger charge is -2.21. The normalized spacial score (nSPS) is 12.0. The number of aromatic nitrogens is 1. The molecule has 0 bridgehead atoms. The molecule has 2 rings (SSSR count). The van der Waals surface area contributed by atoms with Crippen molar-refractivity contribution in [3.8, 4) is 0 Å². The smallest absolute Gasteiger partial charge is 0.317 e. The summed E-state index contributed by atoms with van der Waals surface area (Å²) in [6.45, 7) is 6.36. The van der Waals surface area contributed by atoms with Crippen LogP contribution in [0.1, 0.15) is 29.5 Å². The van der Waals surface area contributed by atoms with E-state index in [1.165, 1.54) is 0 Å². The molecule has 5 nitrogen and oxygen atoms in total. The highest BCUT2D eigenvalue weighted by atomic mass is 79.9. The van der Waals surface area contributed by atoms with E-state index in [0.717, 1.165) is 27.1 Å². The minimum absolute atomic E-state index is 0.00617. The van der Waals surface area contributed by atoms with Gasteiger partial charge in [0.2, 0.25) is 0 Å². The van der Waals surface area contributed by atoms with Crippen molar-refractivity contribution < 1.29 is 9.32 Å². The molecule has 6 heteroatoms. The maximum Gasteiger partial charge on any atom is 0.317 e. The van der Waals surface area contributed by atoms with Gasteiger partial charge >= 0.3 is 6.03 Å². The van der Waals surface area contributed by atoms with Gasteiger partial charge in [-0.1, -0.05) is 33.2 Å². The molecule has 2 amide bonds. The fraction of sp³-hybridized carbons (Fsp3) is 0.412. The standard InChI is InChI=1S/C17H22BrN3O2/c1-11(9-16-12(2)20-23-13(16)3)19-17(22)21(4)10-14-5-7-15(18)8-6-14/h5-8,11H,9-10H2,1-4H3,(H,19,22). The van der Waals surface area contributed by atoms with Crippen LogP contribution >= 0.6 is 15.9 Å². The summed E-state index contributed by atoms with van der Waals surface area (Å²) in [6, 6.07) is 7.86. The van der Waals surface area contributed by atoms with E-state index in [2.05, 4.69) is 26.4 Å². The van der Waals surface area contributed by atoms with Gasteiger partial charge in [0.25, 0.3) is 0 Å². The summed E-state index contributed by atoms with van der Waals surface area (Å²) in [5.41, 5.74) is 3.03. The predicted molar refractivity (Wildman–Crippen MR) is 93.3 cm³/mol. The molecule has 0 aliphatic carbocycles. The van der Waals surface area contributed by atoms with E-state index in [9.17, 15) is 4.79 Å². The minimum atomic E-state index is -0.0906. The van der Waals surface area contributed by atoms with Crippen molar-refractivity contribution in [1.29, 1.82) is 0 Å². The summed E-state index contributed by atoms with van der Waals surface area (Å²) in [5.74, 6) is 0.812. The minimum Gasteiger partial charge on any atom is -0.361 e. The highest BCUT2D eigenvalue weighted by molar-refractivity contribution is 9.10. The molecule has 1 unspecified atom stereocenters. The molecule has 0 saturated heterocycles. The zero-order valence-corrected chi connectivity index (χ0v) is 15.5. The van der Waals surface area contributed by atoms with Gasteiger partial charge in [0.1, 0.15) is 5.76 Å². The van der Waals surface area contributed by atoms with Crippen LogP contribution in [0.25, 0.3) is 0 Å². The molecule has 0 saturated carbocycles. The first-order valence-corrected chi connectivity index (χ1v) is 8.34. The summed E-state index contributed by atoms with van der Waals surface area (Å²) in [5, 5.41) is 6.96. The Kier molecular flexibility index (Phi) is 5.82. The predicted octanol–water partition coefficient (Wildman–Crippen LogP) is 3.83. The molecule has 1 aromatic carbocycles. The number of amides is 2. The Morgan fingerprint density at radius 2 is 2.00 bits per heavy atom. The van der Waals surface area contributed by atoms with E-state index in [0.29, 0.717) is 13.0 Å². The Morgan fingerprint density at radius 1 is 1.35 bits per heavy atom. The van der Waals surface area contributed by atoms with Crippen LogP contribution in [0.4, 0.5) is 4.79 Å². The van der Waals surface area contributed by atoms with Crippen molar-refractivity contribution in [3.63, 3.8) is 0 Å². The monoisotopic (exact) mass is 379 g/mol. The first kappa shape index (κ1) is 17.5. The maximum absolute atomic E-state index is 12.3. The Hall–Kier alpha value is -1.82. The SMILES string of the molecule is Cc1noc(C)c1CC(C)NC(=O)N(C)Cc1ccc(Br)cc1. The molecule has 1 atom stereocenters. The Labute approximate surface area is 145 Å². The highest BCUT2D eigenvalue weighted by Gasteiger charge is 2.16. The van der Waals surface area contributed by atoms with Gasteiger partial charge in [-0.2, -0.15) is 0 Å². The van der Waals surface area contributed by atoms with E-state index in [4.69, 9.17) is 4.52 Å². The van der Waals surface area contributed by atoms with Crippen LogP contribution in [-0.4, -0.2) is 29.2 Å². The average molecular weight is 380 g/mol. The van der Waals surface area contributed by atoms with E-state index < -0.39 is 0 Å². The van der Waals surface area contributed by atoms with Crippen molar-refractivity contribution in [2.75, 3.05) is 7.05 Å². The lowest BCUT2D eigenvalue weighted by Crippen LogP contribution is -2.42. The van der Waals surface area contributed by atoms with Gasteiger partial charge in [0, 0.05) is 29.7 Å². The van der Waals surface area contributed by atoms with Crippen molar-refractivity contribution in [2.45, 2.75) is 39.8 Å². The average Bonchev–Trinajstić information content (AvgIpc) is 2.81. The number of carbonyl (C=O) groups excluding carboxylic acids is 1. The Bertz CT molecular complexity index is 647. The molecule has 0 spiro atoms. The third-order valence-electron chi connectivity index (χ3n) is 3.74. The molecule has 0 fully saturated rings. The molecule has 1 heterocycles. The van der Waals surface area contributed by atoms with Gasteiger partial charge in [-0.25, -0.2) is 4.79 Å². The number of urea groups is 1. The summed E-state index contributed by atoms with van der Waals surface area (Å²) in [7, 11) is 1.79. The van der Waals surface area contributed by atoms with Gasteiger partial charge in [0.15, 0.2) is 0 Å². The van der Waals surface area contributed by atoms with Crippen LogP contribution in [0.5, 0.6) is 0 Å². The number of halogens is 1. The molecule has 0 aliphatic heterocycles. The van der Waals surface area contributed by atoms with Crippen LogP contribution in [0, 0.1) is 13.8 Å². The molecular formula is C17H22BrN3O2. The van der Waals surface area contributed by atoms with Crippen molar-refractivity contribution in [2.24, 2.45) is 0 Å². The zero-order valence-electron chi connectivity index (χ0n) is 13.9. The molecule has 23 heavy (non-hydrogen) atoms. The van der Waals surface area contributed by atoms with Crippen LogP contribution in [0.15, 0.2) is 33.3 Å².